The molecule has 0 amide bonds. The Labute approximate surface area is 125 Å². The highest BCUT2D eigenvalue weighted by Crippen LogP contribution is 2.13. The fourth-order valence-corrected chi connectivity index (χ4v) is 2.31. The van der Waals surface area contributed by atoms with Crippen LogP contribution < -0.4 is 5.56 Å². The number of nitrogens with zero attached hydrogens (tertiary/aromatic N) is 4. The number of hydrogen-bond acceptors (Lipinski definition) is 5. The Kier molecular flexibility index (Phi) is 3.69. The summed E-state index contributed by atoms with van der Waals surface area (Å²) in [5.41, 5.74) is 1.04. The molecular weight excluding hydrogens is 284 g/mol. The van der Waals surface area contributed by atoms with Crippen LogP contribution in [0, 0.1) is 0 Å². The van der Waals surface area contributed by atoms with Crippen LogP contribution in [0.15, 0.2) is 47.5 Å². The van der Waals surface area contributed by atoms with Gasteiger partial charge < -0.3 is 4.74 Å². The quantitative estimate of drug-likeness (QED) is 0.734. The van der Waals surface area contributed by atoms with Crippen LogP contribution in [0.25, 0.3) is 10.9 Å². The first kappa shape index (κ1) is 14.0. The van der Waals surface area contributed by atoms with E-state index in [4.69, 9.17) is 4.74 Å². The van der Waals surface area contributed by atoms with E-state index in [2.05, 4.69) is 10.2 Å². The summed E-state index contributed by atoms with van der Waals surface area (Å²) in [6.07, 6.45) is 2.51. The molecular formula is C15H14N4O3. The van der Waals surface area contributed by atoms with E-state index in [0.717, 1.165) is 5.56 Å². The molecule has 3 aromatic rings. The lowest BCUT2D eigenvalue weighted by Crippen LogP contribution is -2.28. The highest BCUT2D eigenvalue weighted by Gasteiger charge is 2.19. The van der Waals surface area contributed by atoms with Gasteiger partial charge in [0, 0.05) is 6.20 Å². The molecule has 112 valence electrons. The van der Waals surface area contributed by atoms with E-state index in [9.17, 15) is 9.59 Å². The maximum Gasteiger partial charge on any atom is 0.433 e. The Morgan fingerprint density at radius 1 is 1.23 bits per heavy atom. The second kappa shape index (κ2) is 5.80. The van der Waals surface area contributed by atoms with E-state index in [-0.39, 0.29) is 18.7 Å². The molecule has 0 N–H and O–H groups in total. The van der Waals surface area contributed by atoms with Crippen LogP contribution in [-0.2, 0) is 11.3 Å². The molecule has 2 heterocycles. The molecule has 0 unspecified atom stereocenters. The van der Waals surface area contributed by atoms with Gasteiger partial charge in [0.1, 0.15) is 0 Å². The van der Waals surface area contributed by atoms with Gasteiger partial charge in [0.15, 0.2) is 0 Å². The number of carbonyl (C=O) groups excluding carboxylic acids is 1. The van der Waals surface area contributed by atoms with E-state index in [1.54, 1.807) is 43.5 Å². The van der Waals surface area contributed by atoms with E-state index >= 15 is 0 Å². The van der Waals surface area contributed by atoms with E-state index in [1.807, 2.05) is 0 Å². The minimum absolute atomic E-state index is 0.210. The minimum Gasteiger partial charge on any atom is -0.448 e. The summed E-state index contributed by atoms with van der Waals surface area (Å²) >= 11 is 0. The number of hydrogen-bond donors (Lipinski definition) is 0. The van der Waals surface area contributed by atoms with Crippen LogP contribution in [0.4, 0.5) is 4.79 Å². The first-order chi connectivity index (χ1) is 10.7. The number of rotatable bonds is 3. The van der Waals surface area contributed by atoms with Crippen LogP contribution in [0.1, 0.15) is 12.5 Å². The molecule has 0 aliphatic heterocycles. The molecule has 0 atom stereocenters. The summed E-state index contributed by atoms with van der Waals surface area (Å²) in [5.74, 6) is 0. The molecule has 7 heteroatoms. The van der Waals surface area contributed by atoms with E-state index in [0.29, 0.717) is 10.9 Å². The molecule has 0 spiro atoms. The fourth-order valence-electron chi connectivity index (χ4n) is 2.31. The smallest absolute Gasteiger partial charge is 0.433 e. The van der Waals surface area contributed by atoms with Crippen molar-refractivity contribution < 1.29 is 9.53 Å². The predicted molar refractivity (Wildman–Crippen MR) is 79.8 cm³/mol. The Balaban J connectivity index is 2.19. The number of benzene rings is 1. The average Bonchev–Trinajstić information content (AvgIpc) is 2.82. The summed E-state index contributed by atoms with van der Waals surface area (Å²) in [5, 5.41) is 7.96. The van der Waals surface area contributed by atoms with Gasteiger partial charge in [-0.15, -0.1) is 0 Å². The zero-order valence-corrected chi connectivity index (χ0v) is 12.0. The highest BCUT2D eigenvalue weighted by molar-refractivity contribution is 5.87. The van der Waals surface area contributed by atoms with Crippen LogP contribution in [0.3, 0.4) is 0 Å². The zero-order chi connectivity index (χ0) is 15.5. The van der Waals surface area contributed by atoms with Crippen LogP contribution in [0.5, 0.6) is 0 Å². The number of ether oxygens (including phenoxy) is 1. The average molecular weight is 298 g/mol. The van der Waals surface area contributed by atoms with Gasteiger partial charge in [-0.05, 0) is 30.7 Å². The van der Waals surface area contributed by atoms with Gasteiger partial charge >= 0.3 is 6.09 Å². The van der Waals surface area contributed by atoms with Crippen LogP contribution in [0.2, 0.25) is 0 Å². The van der Waals surface area contributed by atoms with Gasteiger partial charge in [0.25, 0.3) is 5.56 Å². The molecule has 0 radical (unpaired) electrons. The monoisotopic (exact) mass is 298 g/mol. The number of fused-ring (bicyclic) bond motifs is 1. The summed E-state index contributed by atoms with van der Waals surface area (Å²) < 4.78 is 7.68. The standard InChI is InChI=1S/C15H14N4O3/c1-2-22-15(21)19-13-6-4-3-5-12(13)14(20)18(19)10-11-7-8-16-17-9-11/h3-9H,2,10H2,1H3. The SMILES string of the molecule is CCOC(=O)n1c2ccccc2c(=O)n1Cc1ccnnc1. The van der Waals surface area contributed by atoms with Gasteiger partial charge in [-0.2, -0.15) is 14.9 Å². The Bertz CT molecular complexity index is 867. The number of carbonyl (C=O) groups is 1. The predicted octanol–water partition coefficient (Wildman–Crippen LogP) is 1.65. The van der Waals surface area contributed by atoms with Crippen molar-refractivity contribution >= 4 is 17.0 Å². The summed E-state index contributed by atoms with van der Waals surface area (Å²) in [6.45, 7) is 2.16. The zero-order valence-electron chi connectivity index (χ0n) is 12.0. The van der Waals surface area contributed by atoms with E-state index in [1.165, 1.54) is 15.6 Å². The molecule has 22 heavy (non-hydrogen) atoms. The Morgan fingerprint density at radius 2 is 2.05 bits per heavy atom. The molecule has 0 saturated carbocycles. The third-order valence-corrected chi connectivity index (χ3v) is 3.26. The van der Waals surface area contributed by atoms with Crippen molar-refractivity contribution in [3.8, 4) is 0 Å². The molecule has 0 saturated heterocycles. The summed E-state index contributed by atoms with van der Waals surface area (Å²) in [6, 6.07) is 8.68. The second-order valence-corrected chi connectivity index (χ2v) is 4.64. The molecule has 7 nitrogen and oxygen atoms in total. The van der Waals surface area contributed by atoms with Crippen LogP contribution >= 0.6 is 0 Å². The van der Waals surface area contributed by atoms with Gasteiger partial charge in [0.2, 0.25) is 0 Å². The maximum atomic E-state index is 12.6. The molecule has 2 aromatic heterocycles. The summed E-state index contributed by atoms with van der Waals surface area (Å²) in [7, 11) is 0. The third kappa shape index (κ3) is 2.37. The lowest BCUT2D eigenvalue weighted by molar-refractivity contribution is 0.147. The fraction of sp³-hybridized carbons (Fsp3) is 0.200. The number of aromatic nitrogens is 4. The van der Waals surface area contributed by atoms with Crippen molar-refractivity contribution in [2.75, 3.05) is 6.61 Å². The topological polar surface area (TPSA) is 79.0 Å². The van der Waals surface area contributed by atoms with Gasteiger partial charge in [0.05, 0.1) is 30.3 Å². The second-order valence-electron chi connectivity index (χ2n) is 4.64. The van der Waals surface area contributed by atoms with Crippen molar-refractivity contribution in [1.29, 1.82) is 0 Å². The summed E-state index contributed by atoms with van der Waals surface area (Å²) in [4.78, 5) is 24.8. The van der Waals surface area contributed by atoms with E-state index < -0.39 is 6.09 Å². The van der Waals surface area contributed by atoms with Gasteiger partial charge in [-0.25, -0.2) is 9.48 Å². The molecule has 0 aliphatic carbocycles. The van der Waals surface area contributed by atoms with Gasteiger partial charge in [-0.3, -0.25) is 4.79 Å². The molecule has 0 aliphatic rings. The van der Waals surface area contributed by atoms with Crippen molar-refractivity contribution in [2.45, 2.75) is 13.5 Å². The van der Waals surface area contributed by atoms with Gasteiger partial charge in [-0.1, -0.05) is 12.1 Å². The molecule has 0 bridgehead atoms. The van der Waals surface area contributed by atoms with Crippen molar-refractivity contribution in [2.24, 2.45) is 0 Å². The normalized spacial score (nSPS) is 10.8. The lowest BCUT2D eigenvalue weighted by atomic mass is 10.2. The molecule has 3 rings (SSSR count). The van der Waals surface area contributed by atoms with Crippen molar-refractivity contribution in [3.05, 3.63) is 58.6 Å². The molecule has 1 aromatic carbocycles. The first-order valence-corrected chi connectivity index (χ1v) is 6.85. The Morgan fingerprint density at radius 3 is 2.77 bits per heavy atom. The Hall–Kier alpha value is -2.96. The van der Waals surface area contributed by atoms with Crippen molar-refractivity contribution in [1.82, 2.24) is 19.6 Å². The third-order valence-electron chi connectivity index (χ3n) is 3.26. The largest absolute Gasteiger partial charge is 0.448 e. The lowest BCUT2D eigenvalue weighted by Gasteiger charge is -2.10. The number of para-hydroxylation sites is 1. The highest BCUT2D eigenvalue weighted by atomic mass is 16.6. The first-order valence-electron chi connectivity index (χ1n) is 6.85. The minimum atomic E-state index is -0.581. The van der Waals surface area contributed by atoms with Crippen LogP contribution in [-0.4, -0.2) is 32.3 Å². The van der Waals surface area contributed by atoms with Crippen molar-refractivity contribution in [3.63, 3.8) is 0 Å². The molecule has 0 fully saturated rings. The maximum absolute atomic E-state index is 12.6.